The molecule has 0 radical (unpaired) electrons. The maximum absolute atomic E-state index is 2.49. The largest absolute Gasteiger partial charge is 0.0622 e. The van der Waals surface area contributed by atoms with E-state index in [0.717, 1.165) is 0 Å². The highest BCUT2D eigenvalue weighted by Crippen LogP contribution is 2.52. The molecule has 9 aromatic rings. The zero-order valence-electron chi connectivity index (χ0n) is 27.7. The molecular weight excluding hydrogens is 589 g/mol. The Morgan fingerprint density at radius 3 is 1.45 bits per heavy atom. The molecular formula is C49H34. The number of rotatable bonds is 3. The van der Waals surface area contributed by atoms with Crippen LogP contribution < -0.4 is 0 Å². The maximum atomic E-state index is 2.49. The van der Waals surface area contributed by atoms with Gasteiger partial charge in [-0.3, -0.25) is 0 Å². The van der Waals surface area contributed by atoms with E-state index in [0.29, 0.717) is 0 Å². The molecule has 0 fully saturated rings. The molecule has 0 spiro atoms. The Morgan fingerprint density at radius 2 is 0.796 bits per heavy atom. The number of hydrogen-bond donors (Lipinski definition) is 0. The van der Waals surface area contributed by atoms with Gasteiger partial charge in [-0.1, -0.05) is 172 Å². The molecule has 1 aliphatic rings. The molecule has 1 aliphatic carbocycles. The van der Waals surface area contributed by atoms with Crippen molar-refractivity contribution in [3.63, 3.8) is 0 Å². The average Bonchev–Trinajstić information content (AvgIpc) is 3.38. The highest BCUT2D eigenvalue weighted by atomic mass is 14.4. The molecule has 0 unspecified atom stereocenters. The molecule has 10 rings (SSSR count). The van der Waals surface area contributed by atoms with Crippen molar-refractivity contribution in [1.29, 1.82) is 0 Å². The van der Waals surface area contributed by atoms with Gasteiger partial charge in [-0.05, 0) is 111 Å². The van der Waals surface area contributed by atoms with Gasteiger partial charge in [0.05, 0.1) is 0 Å². The zero-order chi connectivity index (χ0) is 32.7. The van der Waals surface area contributed by atoms with E-state index < -0.39 is 0 Å². The molecule has 0 aromatic heterocycles. The van der Waals surface area contributed by atoms with Crippen LogP contribution >= 0.6 is 0 Å². The maximum Gasteiger partial charge on any atom is 0.0159 e. The number of benzene rings is 9. The first-order valence-corrected chi connectivity index (χ1v) is 17.3. The van der Waals surface area contributed by atoms with E-state index in [1.807, 2.05) is 0 Å². The first-order valence-electron chi connectivity index (χ1n) is 17.3. The summed E-state index contributed by atoms with van der Waals surface area (Å²) >= 11 is 0. The van der Waals surface area contributed by atoms with Crippen LogP contribution in [0.25, 0.3) is 87.6 Å². The van der Waals surface area contributed by atoms with Crippen LogP contribution in [0.15, 0.2) is 170 Å². The summed E-state index contributed by atoms with van der Waals surface area (Å²) in [6.07, 6.45) is 0. The minimum Gasteiger partial charge on any atom is -0.0622 e. The lowest BCUT2D eigenvalue weighted by atomic mass is 9.80. The number of hydrogen-bond acceptors (Lipinski definition) is 0. The lowest BCUT2D eigenvalue weighted by Gasteiger charge is -2.23. The SMILES string of the molecule is CC1(C)c2ccccc2-c2cc3cccc(-c4c5ccccc5c(-c5ccc(-c6ccccc6)c6ccccc56)c5ccccc45)c3cc21. The topological polar surface area (TPSA) is 0 Å². The molecule has 0 atom stereocenters. The Labute approximate surface area is 286 Å². The van der Waals surface area contributed by atoms with Gasteiger partial charge in [-0.2, -0.15) is 0 Å². The second kappa shape index (κ2) is 10.5. The van der Waals surface area contributed by atoms with Crippen LogP contribution in [0, 0.1) is 0 Å². The molecule has 49 heavy (non-hydrogen) atoms. The summed E-state index contributed by atoms with van der Waals surface area (Å²) in [7, 11) is 0. The van der Waals surface area contributed by atoms with Gasteiger partial charge in [0.2, 0.25) is 0 Å². The van der Waals surface area contributed by atoms with Gasteiger partial charge < -0.3 is 0 Å². The molecule has 0 saturated carbocycles. The molecule has 0 N–H and O–H groups in total. The third-order valence-corrected chi connectivity index (χ3v) is 11.1. The summed E-state index contributed by atoms with van der Waals surface area (Å²) in [5, 5.41) is 10.3. The molecule has 230 valence electrons. The summed E-state index contributed by atoms with van der Waals surface area (Å²) in [5.41, 5.74) is 13.1. The summed E-state index contributed by atoms with van der Waals surface area (Å²) in [5.74, 6) is 0. The first kappa shape index (κ1) is 28.1. The van der Waals surface area contributed by atoms with Crippen LogP contribution in [0.5, 0.6) is 0 Å². The van der Waals surface area contributed by atoms with Crippen LogP contribution in [-0.2, 0) is 5.41 Å². The van der Waals surface area contributed by atoms with Gasteiger partial charge in [0, 0.05) is 5.41 Å². The zero-order valence-corrected chi connectivity index (χ0v) is 27.7. The lowest BCUT2D eigenvalue weighted by molar-refractivity contribution is 0.661. The Kier molecular flexibility index (Phi) is 6.02. The van der Waals surface area contributed by atoms with Crippen molar-refractivity contribution in [3.05, 3.63) is 181 Å². The van der Waals surface area contributed by atoms with Gasteiger partial charge in [0.1, 0.15) is 0 Å². The van der Waals surface area contributed by atoms with E-state index in [-0.39, 0.29) is 5.41 Å². The normalized spacial score (nSPS) is 13.3. The van der Waals surface area contributed by atoms with Crippen molar-refractivity contribution < 1.29 is 0 Å². The van der Waals surface area contributed by atoms with E-state index in [1.165, 1.54) is 98.7 Å². The first-order chi connectivity index (χ1) is 24.1. The third kappa shape index (κ3) is 4.04. The fourth-order valence-electron chi connectivity index (χ4n) is 8.79. The number of fused-ring (bicyclic) bond motifs is 7. The summed E-state index contributed by atoms with van der Waals surface area (Å²) in [6.45, 7) is 4.75. The van der Waals surface area contributed by atoms with Crippen molar-refractivity contribution in [2.45, 2.75) is 19.3 Å². The van der Waals surface area contributed by atoms with Crippen molar-refractivity contribution in [2.75, 3.05) is 0 Å². The van der Waals surface area contributed by atoms with E-state index in [2.05, 4.69) is 184 Å². The van der Waals surface area contributed by atoms with Crippen LogP contribution in [-0.4, -0.2) is 0 Å². The molecule has 0 saturated heterocycles. The average molecular weight is 623 g/mol. The smallest absolute Gasteiger partial charge is 0.0159 e. The minimum atomic E-state index is -0.0613. The highest BCUT2D eigenvalue weighted by Gasteiger charge is 2.35. The van der Waals surface area contributed by atoms with Gasteiger partial charge in [-0.15, -0.1) is 0 Å². The predicted octanol–water partition coefficient (Wildman–Crippen LogP) is 13.6. The van der Waals surface area contributed by atoms with E-state index in [1.54, 1.807) is 0 Å². The predicted molar refractivity (Wildman–Crippen MR) is 210 cm³/mol. The Bertz CT molecular complexity index is 2720. The molecule has 0 heteroatoms. The van der Waals surface area contributed by atoms with Gasteiger partial charge in [-0.25, -0.2) is 0 Å². The Balaban J connectivity index is 1.28. The fourth-order valence-corrected chi connectivity index (χ4v) is 8.79. The van der Waals surface area contributed by atoms with E-state index >= 15 is 0 Å². The molecule has 9 aromatic carbocycles. The van der Waals surface area contributed by atoms with Crippen molar-refractivity contribution >= 4 is 43.1 Å². The van der Waals surface area contributed by atoms with Crippen LogP contribution in [0.1, 0.15) is 25.0 Å². The van der Waals surface area contributed by atoms with Gasteiger partial charge >= 0.3 is 0 Å². The van der Waals surface area contributed by atoms with Gasteiger partial charge in [0.15, 0.2) is 0 Å². The van der Waals surface area contributed by atoms with Crippen LogP contribution in [0.3, 0.4) is 0 Å². The lowest BCUT2D eigenvalue weighted by Crippen LogP contribution is -2.14. The summed E-state index contributed by atoms with van der Waals surface area (Å²) in [4.78, 5) is 0. The fraction of sp³-hybridized carbons (Fsp3) is 0.0612. The van der Waals surface area contributed by atoms with Crippen molar-refractivity contribution in [1.82, 2.24) is 0 Å². The molecule has 0 bridgehead atoms. The quantitative estimate of drug-likeness (QED) is 0.172. The molecule has 0 heterocycles. The van der Waals surface area contributed by atoms with Crippen LogP contribution in [0.4, 0.5) is 0 Å². The Morgan fingerprint density at radius 1 is 0.306 bits per heavy atom. The second-order valence-electron chi connectivity index (χ2n) is 14.0. The minimum absolute atomic E-state index is 0.0613. The molecule has 0 nitrogen and oxygen atoms in total. The summed E-state index contributed by atoms with van der Waals surface area (Å²) < 4.78 is 0. The summed E-state index contributed by atoms with van der Waals surface area (Å²) in [6, 6.07) is 63.1. The molecule has 0 amide bonds. The van der Waals surface area contributed by atoms with Crippen molar-refractivity contribution in [2.24, 2.45) is 0 Å². The van der Waals surface area contributed by atoms with Crippen LogP contribution in [0.2, 0.25) is 0 Å². The third-order valence-electron chi connectivity index (χ3n) is 11.1. The van der Waals surface area contributed by atoms with E-state index in [9.17, 15) is 0 Å². The standard InChI is InChI=1S/C49H34/c1-49(2)45-26-13-12-20-36(45)44-29-32-17-14-25-41(43(32)30-46(44)49)47-37-21-8-10-23-39(37)48(40-24-11-9-22-38(40)47)42-28-27-33(31-15-4-3-5-16-31)34-18-6-7-19-35(34)42/h3-30H,1-2H3. The molecule has 0 aliphatic heterocycles. The monoisotopic (exact) mass is 622 g/mol. The second-order valence-corrected chi connectivity index (χ2v) is 14.0. The Hall–Kier alpha value is -5.98. The van der Waals surface area contributed by atoms with E-state index in [4.69, 9.17) is 0 Å². The highest BCUT2D eigenvalue weighted by molar-refractivity contribution is 6.25. The van der Waals surface area contributed by atoms with Gasteiger partial charge in [0.25, 0.3) is 0 Å². The van der Waals surface area contributed by atoms with Crippen molar-refractivity contribution in [3.8, 4) is 44.5 Å².